The summed E-state index contributed by atoms with van der Waals surface area (Å²) in [5.41, 5.74) is 2.03. The molecule has 1 amide bonds. The molecule has 148 valence electrons. The van der Waals surface area contributed by atoms with Gasteiger partial charge in [0.2, 0.25) is 11.9 Å². The summed E-state index contributed by atoms with van der Waals surface area (Å²) >= 11 is 6.53. The maximum absolute atomic E-state index is 13.2. The molecule has 2 aliphatic rings. The molecule has 29 heavy (non-hydrogen) atoms. The Morgan fingerprint density at radius 1 is 1.10 bits per heavy atom. The van der Waals surface area contributed by atoms with Crippen LogP contribution < -0.4 is 9.64 Å². The van der Waals surface area contributed by atoms with Crippen LogP contribution in [0.15, 0.2) is 54.9 Å². The maximum atomic E-state index is 13.2. The third-order valence-corrected chi connectivity index (χ3v) is 6.10. The smallest absolute Gasteiger partial charge is 0.233 e. The van der Waals surface area contributed by atoms with E-state index in [1.807, 2.05) is 58.1 Å². The topological polar surface area (TPSA) is 60.2 Å². The van der Waals surface area contributed by atoms with E-state index in [0.717, 1.165) is 29.7 Å². The van der Waals surface area contributed by atoms with Gasteiger partial charge in [-0.3, -0.25) is 9.69 Å². The van der Waals surface area contributed by atoms with Gasteiger partial charge in [0.25, 0.3) is 0 Å². The third-order valence-electron chi connectivity index (χ3n) is 5.75. The molecule has 0 radical (unpaired) electrons. The Morgan fingerprint density at radius 2 is 1.86 bits per heavy atom. The summed E-state index contributed by atoms with van der Waals surface area (Å²) in [4.78, 5) is 19.5. The van der Waals surface area contributed by atoms with E-state index < -0.39 is 0 Å². The lowest BCUT2D eigenvalue weighted by Gasteiger charge is -2.39. The van der Waals surface area contributed by atoms with Crippen LogP contribution >= 0.6 is 11.6 Å². The normalized spacial score (nSPS) is 21.0. The predicted molar refractivity (Wildman–Crippen MR) is 110 cm³/mol. The second kappa shape index (κ2) is 7.19. The lowest BCUT2D eigenvalue weighted by molar-refractivity contribution is -0.120. The molecule has 0 spiro atoms. The van der Waals surface area contributed by atoms with Gasteiger partial charge in [-0.2, -0.15) is 10.1 Å². The highest BCUT2D eigenvalue weighted by atomic mass is 35.5. The Bertz CT molecular complexity index is 1040. The molecular formula is C22H21ClN4O2. The Morgan fingerprint density at radius 3 is 2.55 bits per heavy atom. The quantitative estimate of drug-likeness (QED) is 0.641. The van der Waals surface area contributed by atoms with E-state index >= 15 is 0 Å². The first-order valence-corrected chi connectivity index (χ1v) is 10.2. The van der Waals surface area contributed by atoms with E-state index in [2.05, 4.69) is 10.1 Å². The largest absolute Gasteiger partial charge is 0.497 e. The molecule has 0 bridgehead atoms. The first-order chi connectivity index (χ1) is 14.2. The fourth-order valence-electron chi connectivity index (χ4n) is 4.09. The van der Waals surface area contributed by atoms with Crippen LogP contribution in [0.1, 0.15) is 42.5 Å². The Balaban J connectivity index is 1.62. The van der Waals surface area contributed by atoms with E-state index in [9.17, 15) is 4.79 Å². The van der Waals surface area contributed by atoms with Gasteiger partial charge in [0, 0.05) is 10.9 Å². The zero-order valence-electron chi connectivity index (χ0n) is 16.0. The van der Waals surface area contributed by atoms with E-state index in [1.54, 1.807) is 7.11 Å². The van der Waals surface area contributed by atoms with Gasteiger partial charge in [-0.25, -0.2) is 4.68 Å². The van der Waals surface area contributed by atoms with Crippen LogP contribution in [0.5, 0.6) is 5.75 Å². The van der Waals surface area contributed by atoms with Gasteiger partial charge in [0.15, 0.2) is 0 Å². The van der Waals surface area contributed by atoms with Crippen molar-refractivity contribution >= 4 is 23.5 Å². The molecule has 2 heterocycles. The van der Waals surface area contributed by atoms with Gasteiger partial charge in [0.05, 0.1) is 19.2 Å². The molecule has 6 nitrogen and oxygen atoms in total. The Kier molecular flexibility index (Phi) is 4.51. The van der Waals surface area contributed by atoms with Crippen molar-refractivity contribution in [2.24, 2.45) is 5.92 Å². The standard InChI is InChI=1S/C22H21ClN4O2/c1-29-16-10-8-14(9-11-16)19-12-20(17-4-2-3-5-18(17)23)27-22(24-13-25-27)26(19)21(28)15-6-7-15/h2-5,8-11,13,15,19-20H,6-7,12H2,1H3/t19-,20+/m0/s1. The van der Waals surface area contributed by atoms with Crippen molar-refractivity contribution in [3.63, 3.8) is 0 Å². The molecule has 1 fully saturated rings. The lowest BCUT2D eigenvalue weighted by Crippen LogP contribution is -2.43. The number of rotatable bonds is 4. The van der Waals surface area contributed by atoms with Crippen LogP contribution in [0, 0.1) is 5.92 Å². The SMILES string of the molecule is COc1ccc([C@@H]2C[C@H](c3ccccc3Cl)n3ncnc3N2C(=O)C2CC2)cc1. The minimum atomic E-state index is -0.146. The summed E-state index contributed by atoms with van der Waals surface area (Å²) in [5.74, 6) is 1.57. The molecule has 0 saturated heterocycles. The monoisotopic (exact) mass is 408 g/mol. The fourth-order valence-corrected chi connectivity index (χ4v) is 4.35. The number of aromatic nitrogens is 3. The Hall–Kier alpha value is -2.86. The average Bonchev–Trinajstić information content (AvgIpc) is 3.49. The number of nitrogens with zero attached hydrogens (tertiary/aromatic N) is 4. The molecule has 2 atom stereocenters. The number of benzene rings is 2. The van der Waals surface area contributed by atoms with E-state index in [0.29, 0.717) is 17.4 Å². The number of fused-ring (bicyclic) bond motifs is 1. The second-order valence-corrected chi connectivity index (χ2v) is 7.96. The number of anilines is 1. The van der Waals surface area contributed by atoms with Crippen molar-refractivity contribution in [1.82, 2.24) is 14.8 Å². The minimum Gasteiger partial charge on any atom is -0.497 e. The van der Waals surface area contributed by atoms with Crippen LogP contribution in [0.25, 0.3) is 0 Å². The minimum absolute atomic E-state index is 0.0813. The Labute approximate surface area is 174 Å². The molecule has 1 aliphatic carbocycles. The van der Waals surface area contributed by atoms with Gasteiger partial charge >= 0.3 is 0 Å². The highest BCUT2D eigenvalue weighted by Gasteiger charge is 2.44. The number of hydrogen-bond donors (Lipinski definition) is 0. The molecule has 0 N–H and O–H groups in total. The number of halogens is 1. The summed E-state index contributed by atoms with van der Waals surface area (Å²) in [7, 11) is 1.65. The predicted octanol–water partition coefficient (Wildman–Crippen LogP) is 4.42. The van der Waals surface area contributed by atoms with Crippen LogP contribution in [-0.2, 0) is 4.79 Å². The first-order valence-electron chi connectivity index (χ1n) is 9.78. The van der Waals surface area contributed by atoms with Crippen LogP contribution in [0.4, 0.5) is 5.95 Å². The van der Waals surface area contributed by atoms with Crippen LogP contribution in [0.3, 0.4) is 0 Å². The van der Waals surface area contributed by atoms with E-state index in [4.69, 9.17) is 16.3 Å². The molecule has 3 aromatic rings. The van der Waals surface area contributed by atoms with Crippen molar-refractivity contribution in [1.29, 1.82) is 0 Å². The number of carbonyl (C=O) groups excluding carboxylic acids is 1. The van der Waals surface area contributed by atoms with Crippen LogP contribution in [0.2, 0.25) is 5.02 Å². The fraction of sp³-hybridized carbons (Fsp3) is 0.318. The van der Waals surface area contributed by atoms with Gasteiger partial charge in [0.1, 0.15) is 12.1 Å². The van der Waals surface area contributed by atoms with Crippen molar-refractivity contribution in [3.8, 4) is 5.75 Å². The van der Waals surface area contributed by atoms with Crippen molar-refractivity contribution in [3.05, 3.63) is 71.0 Å². The van der Waals surface area contributed by atoms with E-state index in [-0.39, 0.29) is 23.9 Å². The number of methoxy groups -OCH3 is 1. The van der Waals surface area contributed by atoms with Crippen molar-refractivity contribution in [2.75, 3.05) is 12.0 Å². The van der Waals surface area contributed by atoms with Gasteiger partial charge in [-0.1, -0.05) is 41.9 Å². The van der Waals surface area contributed by atoms with E-state index in [1.165, 1.54) is 6.33 Å². The molecule has 7 heteroatoms. The average molecular weight is 409 g/mol. The molecule has 1 aromatic heterocycles. The summed E-state index contributed by atoms with van der Waals surface area (Å²) < 4.78 is 7.14. The molecule has 2 aromatic carbocycles. The maximum Gasteiger partial charge on any atom is 0.233 e. The number of hydrogen-bond acceptors (Lipinski definition) is 4. The third kappa shape index (κ3) is 3.17. The van der Waals surface area contributed by atoms with Crippen LogP contribution in [-0.4, -0.2) is 27.8 Å². The summed E-state index contributed by atoms with van der Waals surface area (Å²) in [6.45, 7) is 0. The van der Waals surface area contributed by atoms with Gasteiger partial charge in [-0.15, -0.1) is 0 Å². The zero-order valence-corrected chi connectivity index (χ0v) is 16.8. The first kappa shape index (κ1) is 18.2. The van der Waals surface area contributed by atoms with Crippen molar-refractivity contribution < 1.29 is 9.53 Å². The molecule has 1 aliphatic heterocycles. The molecule has 0 unspecified atom stereocenters. The van der Waals surface area contributed by atoms with Gasteiger partial charge < -0.3 is 4.74 Å². The number of ether oxygens (including phenoxy) is 1. The van der Waals surface area contributed by atoms with Gasteiger partial charge in [-0.05, 0) is 48.6 Å². The highest BCUT2D eigenvalue weighted by molar-refractivity contribution is 6.31. The summed E-state index contributed by atoms with van der Waals surface area (Å²) in [6.07, 6.45) is 4.06. The summed E-state index contributed by atoms with van der Waals surface area (Å²) in [6, 6.07) is 15.4. The van der Waals surface area contributed by atoms with Crippen molar-refractivity contribution in [2.45, 2.75) is 31.3 Å². The second-order valence-electron chi connectivity index (χ2n) is 7.55. The lowest BCUT2D eigenvalue weighted by atomic mass is 9.91. The number of amides is 1. The highest BCUT2D eigenvalue weighted by Crippen LogP contribution is 2.45. The molecule has 1 saturated carbocycles. The summed E-state index contributed by atoms with van der Waals surface area (Å²) in [5, 5.41) is 5.15. The molecule has 5 rings (SSSR count). The zero-order chi connectivity index (χ0) is 20.0. The molecular weight excluding hydrogens is 388 g/mol. The number of carbonyl (C=O) groups is 1.